The van der Waals surface area contributed by atoms with E-state index in [0.717, 1.165) is 37.6 Å². The van der Waals surface area contributed by atoms with E-state index in [9.17, 15) is 18.3 Å². The molecule has 0 amide bonds. The highest BCUT2D eigenvalue weighted by Gasteiger charge is 2.45. The number of aliphatic hydroxyl groups excluding tert-OH is 1. The number of allylic oxidation sites excluding steroid dienone is 3. The average Bonchev–Trinajstić information content (AvgIpc) is 2.77. The zero-order valence-corrected chi connectivity index (χ0v) is 17.8. The summed E-state index contributed by atoms with van der Waals surface area (Å²) in [5, 5.41) is 12.8. The molecular weight excluding hydrogens is 405 g/mol. The van der Waals surface area contributed by atoms with Gasteiger partial charge in [0.2, 0.25) is 0 Å². The van der Waals surface area contributed by atoms with Gasteiger partial charge in [-0.05, 0) is 44.0 Å². The van der Waals surface area contributed by atoms with E-state index in [-0.39, 0.29) is 36.7 Å². The Kier molecular flexibility index (Phi) is 6.74. The number of hydrogen-bond donors (Lipinski definition) is 2. The molecule has 1 aromatic carbocycles. The number of halogens is 3. The van der Waals surface area contributed by atoms with Gasteiger partial charge in [-0.25, -0.2) is 0 Å². The molecular formula is C24H31F3N2O2. The maximum absolute atomic E-state index is 13.4. The van der Waals surface area contributed by atoms with Crippen LogP contribution in [0.5, 0.6) is 0 Å². The van der Waals surface area contributed by atoms with Gasteiger partial charge in [-0.15, -0.1) is 0 Å². The second kappa shape index (κ2) is 9.35. The van der Waals surface area contributed by atoms with Gasteiger partial charge >= 0.3 is 6.18 Å². The van der Waals surface area contributed by atoms with Gasteiger partial charge in [-0.3, -0.25) is 4.90 Å². The van der Waals surface area contributed by atoms with Gasteiger partial charge in [-0.2, -0.15) is 13.2 Å². The first-order chi connectivity index (χ1) is 14.9. The van der Waals surface area contributed by atoms with E-state index in [1.54, 1.807) is 6.07 Å². The highest BCUT2D eigenvalue weighted by molar-refractivity contribution is 5.58. The van der Waals surface area contributed by atoms with Crippen molar-refractivity contribution in [3.05, 3.63) is 53.6 Å². The van der Waals surface area contributed by atoms with Crippen molar-refractivity contribution < 1.29 is 23.0 Å². The smallest absolute Gasteiger partial charge is 0.395 e. The summed E-state index contributed by atoms with van der Waals surface area (Å²) in [5.74, 6) is 0.399. The number of aliphatic hydroxyl groups is 1. The molecule has 7 heteroatoms. The van der Waals surface area contributed by atoms with E-state index in [1.807, 2.05) is 19.1 Å². The summed E-state index contributed by atoms with van der Waals surface area (Å²) in [4.78, 5) is 2.13. The summed E-state index contributed by atoms with van der Waals surface area (Å²) in [5.41, 5.74) is 0.721. The second-order valence-electron chi connectivity index (χ2n) is 8.72. The Labute approximate surface area is 181 Å². The maximum Gasteiger partial charge on any atom is 0.416 e. The van der Waals surface area contributed by atoms with Crippen molar-refractivity contribution in [2.45, 2.75) is 50.6 Å². The maximum atomic E-state index is 13.4. The molecule has 31 heavy (non-hydrogen) atoms. The SMILES string of the molecule is CCN(CCO)C[C@H]1CC[C@@H]2[C@H](O1)c1cc(C(F)(F)F)ccc1N[C@H]2C1C=CC=CC1. The minimum atomic E-state index is -4.38. The van der Waals surface area contributed by atoms with Crippen molar-refractivity contribution in [2.75, 3.05) is 31.6 Å². The van der Waals surface area contributed by atoms with Crippen LogP contribution >= 0.6 is 0 Å². The Morgan fingerprint density at radius 3 is 2.74 bits per heavy atom. The number of nitrogens with zero attached hydrogens (tertiary/aromatic N) is 1. The van der Waals surface area contributed by atoms with Crippen molar-refractivity contribution in [2.24, 2.45) is 11.8 Å². The van der Waals surface area contributed by atoms with Gasteiger partial charge in [0.05, 0.1) is 24.4 Å². The van der Waals surface area contributed by atoms with E-state index >= 15 is 0 Å². The first-order valence-corrected chi connectivity index (χ1v) is 11.2. The lowest BCUT2D eigenvalue weighted by molar-refractivity contribution is -0.138. The number of likely N-dealkylation sites (N-methyl/N-ethyl adjacent to an activating group) is 1. The van der Waals surface area contributed by atoms with Crippen LogP contribution in [0.4, 0.5) is 18.9 Å². The molecule has 4 rings (SSSR count). The standard InChI is InChI=1S/C24H31F3N2O2/c1-2-29(12-13-30)15-18-9-10-19-22(16-6-4-3-5-7-16)28-21-11-8-17(24(25,26)27)14-20(21)23(19)31-18/h3-6,8,11,14,16,18-19,22-23,28,30H,2,7,9-10,12-13,15H2,1H3/t16?,18-,19+,22+,23+/m1/s1. The lowest BCUT2D eigenvalue weighted by Crippen LogP contribution is -2.48. The van der Waals surface area contributed by atoms with Crippen molar-refractivity contribution in [1.82, 2.24) is 4.90 Å². The summed E-state index contributed by atoms with van der Waals surface area (Å²) < 4.78 is 46.8. The molecule has 0 bridgehead atoms. The third-order valence-corrected chi connectivity index (χ3v) is 6.82. The van der Waals surface area contributed by atoms with Crippen LogP contribution in [-0.2, 0) is 10.9 Å². The summed E-state index contributed by atoms with van der Waals surface area (Å²) >= 11 is 0. The molecule has 0 radical (unpaired) electrons. The van der Waals surface area contributed by atoms with Crippen LogP contribution in [0, 0.1) is 11.8 Å². The molecule has 2 aliphatic heterocycles. The molecule has 1 saturated heterocycles. The number of anilines is 1. The van der Waals surface area contributed by atoms with E-state index in [1.165, 1.54) is 6.07 Å². The number of fused-ring (bicyclic) bond motifs is 3. The predicted molar refractivity (Wildman–Crippen MR) is 115 cm³/mol. The predicted octanol–water partition coefficient (Wildman–Crippen LogP) is 4.78. The van der Waals surface area contributed by atoms with Crippen LogP contribution < -0.4 is 5.32 Å². The number of nitrogens with one attached hydrogen (secondary N) is 1. The third kappa shape index (κ3) is 4.83. The van der Waals surface area contributed by atoms with Crippen LogP contribution in [0.15, 0.2) is 42.5 Å². The summed E-state index contributed by atoms with van der Waals surface area (Å²) in [6.45, 7) is 4.17. The molecule has 3 aliphatic rings. The minimum absolute atomic E-state index is 0.0595. The Balaban J connectivity index is 1.63. The van der Waals surface area contributed by atoms with Crippen molar-refractivity contribution >= 4 is 5.69 Å². The number of alkyl halides is 3. The molecule has 1 unspecified atom stereocenters. The first-order valence-electron chi connectivity index (χ1n) is 11.2. The van der Waals surface area contributed by atoms with Crippen LogP contribution in [0.3, 0.4) is 0 Å². The van der Waals surface area contributed by atoms with Crippen LogP contribution in [0.1, 0.15) is 43.4 Å². The molecule has 1 fully saturated rings. The van der Waals surface area contributed by atoms with Gasteiger partial charge < -0.3 is 15.2 Å². The van der Waals surface area contributed by atoms with Crippen LogP contribution in [0.25, 0.3) is 0 Å². The van der Waals surface area contributed by atoms with Gasteiger partial charge in [0, 0.05) is 42.2 Å². The van der Waals surface area contributed by atoms with Crippen LogP contribution in [-0.4, -0.2) is 48.4 Å². The fraction of sp³-hybridized carbons (Fsp3) is 0.583. The molecule has 0 spiro atoms. The van der Waals surface area contributed by atoms with Gasteiger partial charge in [0.25, 0.3) is 0 Å². The molecule has 1 aromatic rings. The minimum Gasteiger partial charge on any atom is -0.395 e. The lowest BCUT2D eigenvalue weighted by atomic mass is 9.73. The topological polar surface area (TPSA) is 44.7 Å². The van der Waals surface area contributed by atoms with Crippen molar-refractivity contribution in [1.29, 1.82) is 0 Å². The van der Waals surface area contributed by atoms with E-state index in [4.69, 9.17) is 4.74 Å². The number of benzene rings is 1. The van der Waals surface area contributed by atoms with Crippen LogP contribution in [0.2, 0.25) is 0 Å². The first kappa shape index (κ1) is 22.4. The highest BCUT2D eigenvalue weighted by Crippen LogP contribution is 2.49. The average molecular weight is 437 g/mol. The summed E-state index contributed by atoms with van der Waals surface area (Å²) in [6.07, 6.45) is 6.28. The number of ether oxygens (including phenoxy) is 1. The second-order valence-corrected chi connectivity index (χ2v) is 8.72. The quantitative estimate of drug-likeness (QED) is 0.674. The number of hydrogen-bond acceptors (Lipinski definition) is 4. The molecule has 2 N–H and O–H groups in total. The number of rotatable bonds is 6. The van der Waals surface area contributed by atoms with Crippen molar-refractivity contribution in [3.63, 3.8) is 0 Å². The Morgan fingerprint density at radius 2 is 2.06 bits per heavy atom. The van der Waals surface area contributed by atoms with E-state index in [2.05, 4.69) is 22.4 Å². The van der Waals surface area contributed by atoms with Gasteiger partial charge in [-0.1, -0.05) is 31.2 Å². The molecule has 2 heterocycles. The largest absolute Gasteiger partial charge is 0.416 e. The molecule has 4 nitrogen and oxygen atoms in total. The summed E-state index contributed by atoms with van der Waals surface area (Å²) in [7, 11) is 0. The highest BCUT2D eigenvalue weighted by atomic mass is 19.4. The summed E-state index contributed by atoms with van der Waals surface area (Å²) in [6, 6.07) is 4.10. The molecule has 0 saturated carbocycles. The normalized spacial score (nSPS) is 30.1. The van der Waals surface area contributed by atoms with E-state index < -0.39 is 11.7 Å². The molecule has 170 valence electrons. The fourth-order valence-electron chi connectivity index (χ4n) is 5.20. The Bertz CT molecular complexity index is 824. The molecule has 5 atom stereocenters. The monoisotopic (exact) mass is 436 g/mol. The molecule has 0 aromatic heterocycles. The van der Waals surface area contributed by atoms with E-state index in [0.29, 0.717) is 18.7 Å². The van der Waals surface area contributed by atoms with Crippen molar-refractivity contribution in [3.8, 4) is 0 Å². The molecule has 1 aliphatic carbocycles. The fourth-order valence-corrected chi connectivity index (χ4v) is 5.20. The zero-order chi connectivity index (χ0) is 22.0. The zero-order valence-electron chi connectivity index (χ0n) is 17.8. The van der Waals surface area contributed by atoms with Gasteiger partial charge in [0.1, 0.15) is 0 Å². The Hall–Kier alpha value is -1.83. The Morgan fingerprint density at radius 1 is 1.23 bits per heavy atom. The van der Waals surface area contributed by atoms with Gasteiger partial charge in [0.15, 0.2) is 0 Å². The third-order valence-electron chi connectivity index (χ3n) is 6.82. The lowest BCUT2D eigenvalue weighted by Gasteiger charge is -2.48.